The lowest BCUT2D eigenvalue weighted by atomic mass is 10.2. The molecule has 8 nitrogen and oxygen atoms in total. The minimum absolute atomic E-state index is 0. The van der Waals surface area contributed by atoms with E-state index in [1.54, 1.807) is 22.8 Å². The van der Waals surface area contributed by atoms with Crippen LogP contribution in [0.2, 0.25) is 0 Å². The van der Waals surface area contributed by atoms with Crippen LogP contribution in [-0.2, 0) is 16.1 Å². The molecular weight excluding hydrogens is 395 g/mol. The summed E-state index contributed by atoms with van der Waals surface area (Å²) in [6.07, 6.45) is 0.344. The smallest absolute Gasteiger partial charge is 0.408 e. The van der Waals surface area contributed by atoms with Gasteiger partial charge in [-0.1, -0.05) is 0 Å². The first kappa shape index (κ1) is 23.5. The molecule has 1 aliphatic heterocycles. The van der Waals surface area contributed by atoms with Gasteiger partial charge in [-0.15, -0.1) is 24.8 Å². The van der Waals surface area contributed by atoms with Crippen LogP contribution in [0.15, 0.2) is 27.4 Å². The van der Waals surface area contributed by atoms with Gasteiger partial charge in [0.15, 0.2) is 5.58 Å². The summed E-state index contributed by atoms with van der Waals surface area (Å²) in [5, 5.41) is 6.13. The summed E-state index contributed by atoms with van der Waals surface area (Å²) in [4.78, 5) is 26.2. The van der Waals surface area contributed by atoms with E-state index in [9.17, 15) is 9.59 Å². The van der Waals surface area contributed by atoms with Crippen molar-refractivity contribution in [1.29, 1.82) is 0 Å². The third-order valence-electron chi connectivity index (χ3n) is 4.15. The molecule has 1 aliphatic rings. The van der Waals surface area contributed by atoms with Gasteiger partial charge in [0.25, 0.3) is 0 Å². The summed E-state index contributed by atoms with van der Waals surface area (Å²) >= 11 is 0. The Bertz CT molecular complexity index is 800. The minimum atomic E-state index is -0.385. The molecule has 2 heterocycles. The van der Waals surface area contributed by atoms with Crippen molar-refractivity contribution in [1.82, 2.24) is 14.8 Å². The number of halogens is 2. The molecule has 0 radical (unpaired) electrons. The molecule has 152 valence electrons. The van der Waals surface area contributed by atoms with Gasteiger partial charge in [-0.2, -0.15) is 0 Å². The SMILES string of the molecule is CN(C)CCn1c(=O)oc2ccc(NC(=O)CC3COCCN3)cc21.Cl.Cl. The van der Waals surface area contributed by atoms with Crippen LogP contribution in [0.4, 0.5) is 5.69 Å². The molecule has 3 rings (SSSR count). The van der Waals surface area contributed by atoms with Crippen LogP contribution in [-0.4, -0.2) is 61.8 Å². The molecule has 10 heteroatoms. The number of fused-ring (bicyclic) bond motifs is 1. The molecule has 1 fully saturated rings. The Labute approximate surface area is 170 Å². The Balaban J connectivity index is 0.00000182. The quantitative estimate of drug-likeness (QED) is 0.732. The average Bonchev–Trinajstić information content (AvgIpc) is 2.88. The van der Waals surface area contributed by atoms with Crippen LogP contribution < -0.4 is 16.4 Å². The monoisotopic (exact) mass is 420 g/mol. The van der Waals surface area contributed by atoms with E-state index in [4.69, 9.17) is 9.15 Å². The van der Waals surface area contributed by atoms with Crippen LogP contribution in [0.3, 0.4) is 0 Å². The zero-order chi connectivity index (χ0) is 17.8. The number of oxazole rings is 1. The first-order valence-electron chi connectivity index (χ1n) is 8.42. The van der Waals surface area contributed by atoms with E-state index in [2.05, 4.69) is 10.6 Å². The standard InChI is InChI=1S/C17H24N4O4.2ClH/c1-20(2)6-7-21-14-9-12(3-4-15(14)25-17(21)23)19-16(22)10-13-11-24-8-5-18-13;;/h3-4,9,13,18H,5-8,10-11H2,1-2H3,(H,19,22);2*1H. The number of anilines is 1. The average molecular weight is 421 g/mol. The summed E-state index contributed by atoms with van der Waals surface area (Å²) in [5.41, 5.74) is 1.85. The van der Waals surface area contributed by atoms with Crippen molar-refractivity contribution in [2.45, 2.75) is 19.0 Å². The predicted octanol–water partition coefficient (Wildman–Crippen LogP) is 1.32. The van der Waals surface area contributed by atoms with E-state index in [-0.39, 0.29) is 42.5 Å². The fourth-order valence-corrected chi connectivity index (χ4v) is 2.84. The Kier molecular flexibility index (Phi) is 9.28. The molecule has 1 aromatic heterocycles. The van der Waals surface area contributed by atoms with Crippen molar-refractivity contribution in [2.75, 3.05) is 45.7 Å². The second-order valence-electron chi connectivity index (χ2n) is 6.48. The first-order valence-corrected chi connectivity index (χ1v) is 8.42. The van der Waals surface area contributed by atoms with Crippen LogP contribution in [0.5, 0.6) is 0 Å². The molecule has 2 N–H and O–H groups in total. The summed E-state index contributed by atoms with van der Waals surface area (Å²) in [7, 11) is 3.89. The van der Waals surface area contributed by atoms with Crippen LogP contribution in [0.25, 0.3) is 11.1 Å². The van der Waals surface area contributed by atoms with Crippen molar-refractivity contribution >= 4 is 47.5 Å². The molecule has 1 aromatic carbocycles. The molecule has 2 aromatic rings. The Morgan fingerprint density at radius 1 is 1.37 bits per heavy atom. The molecule has 1 atom stereocenters. The van der Waals surface area contributed by atoms with Gasteiger partial charge in [0, 0.05) is 37.8 Å². The number of hydrogen-bond acceptors (Lipinski definition) is 6. The van der Waals surface area contributed by atoms with E-state index in [1.165, 1.54) is 0 Å². The van der Waals surface area contributed by atoms with E-state index in [0.717, 1.165) is 13.1 Å². The van der Waals surface area contributed by atoms with Gasteiger partial charge in [0.05, 0.1) is 18.7 Å². The highest BCUT2D eigenvalue weighted by Crippen LogP contribution is 2.19. The summed E-state index contributed by atoms with van der Waals surface area (Å²) in [5.74, 6) is -0.475. The van der Waals surface area contributed by atoms with E-state index in [0.29, 0.717) is 43.0 Å². The predicted molar refractivity (Wildman–Crippen MR) is 109 cm³/mol. The van der Waals surface area contributed by atoms with Gasteiger partial charge in [-0.3, -0.25) is 9.36 Å². The van der Waals surface area contributed by atoms with Crippen LogP contribution in [0, 0.1) is 0 Å². The lowest BCUT2D eigenvalue weighted by molar-refractivity contribution is -0.117. The molecule has 0 bridgehead atoms. The minimum Gasteiger partial charge on any atom is -0.408 e. The molecule has 1 unspecified atom stereocenters. The highest BCUT2D eigenvalue weighted by molar-refractivity contribution is 5.93. The zero-order valence-electron chi connectivity index (χ0n) is 15.4. The van der Waals surface area contributed by atoms with Crippen molar-refractivity contribution in [3.8, 4) is 0 Å². The van der Waals surface area contributed by atoms with Gasteiger partial charge < -0.3 is 24.7 Å². The number of amides is 1. The summed E-state index contributed by atoms with van der Waals surface area (Å²) in [6, 6.07) is 5.26. The summed E-state index contributed by atoms with van der Waals surface area (Å²) in [6.45, 7) is 3.23. The third kappa shape index (κ3) is 6.22. The molecule has 0 saturated carbocycles. The summed E-state index contributed by atoms with van der Waals surface area (Å²) < 4.78 is 12.2. The maximum Gasteiger partial charge on any atom is 0.419 e. The van der Waals surface area contributed by atoms with E-state index in [1.807, 2.05) is 19.0 Å². The molecule has 1 saturated heterocycles. The van der Waals surface area contributed by atoms with Crippen molar-refractivity contribution in [3.63, 3.8) is 0 Å². The zero-order valence-corrected chi connectivity index (χ0v) is 17.0. The number of hydrogen-bond donors (Lipinski definition) is 2. The maximum absolute atomic E-state index is 12.2. The molecular formula is C17H26Cl2N4O4. The number of nitrogens with one attached hydrogen (secondary N) is 2. The number of ether oxygens (including phenoxy) is 1. The number of morpholine rings is 1. The second kappa shape index (κ2) is 10.7. The molecule has 0 spiro atoms. The molecule has 1 amide bonds. The number of carbonyl (C=O) groups is 1. The number of carbonyl (C=O) groups excluding carboxylic acids is 1. The van der Waals surface area contributed by atoms with E-state index >= 15 is 0 Å². The van der Waals surface area contributed by atoms with Gasteiger partial charge in [-0.25, -0.2) is 4.79 Å². The van der Waals surface area contributed by atoms with Gasteiger partial charge >= 0.3 is 5.76 Å². The normalized spacial score (nSPS) is 16.6. The lowest BCUT2D eigenvalue weighted by Gasteiger charge is -2.23. The van der Waals surface area contributed by atoms with Gasteiger partial charge in [0.2, 0.25) is 5.91 Å². The van der Waals surface area contributed by atoms with Gasteiger partial charge in [0.1, 0.15) is 0 Å². The first-order chi connectivity index (χ1) is 12.0. The van der Waals surface area contributed by atoms with Crippen molar-refractivity contribution in [3.05, 3.63) is 28.7 Å². The van der Waals surface area contributed by atoms with Crippen molar-refractivity contribution in [2.24, 2.45) is 0 Å². The molecule has 0 aliphatic carbocycles. The lowest BCUT2D eigenvalue weighted by Crippen LogP contribution is -2.43. The fourth-order valence-electron chi connectivity index (χ4n) is 2.84. The maximum atomic E-state index is 12.2. The van der Waals surface area contributed by atoms with Crippen LogP contribution >= 0.6 is 24.8 Å². The van der Waals surface area contributed by atoms with E-state index < -0.39 is 0 Å². The molecule has 27 heavy (non-hydrogen) atoms. The highest BCUT2D eigenvalue weighted by atomic mass is 35.5. The Morgan fingerprint density at radius 2 is 2.15 bits per heavy atom. The van der Waals surface area contributed by atoms with Gasteiger partial charge in [-0.05, 0) is 32.3 Å². The second-order valence-corrected chi connectivity index (χ2v) is 6.48. The number of rotatable bonds is 6. The number of aromatic nitrogens is 1. The Hall–Kier alpha value is -1.58. The Morgan fingerprint density at radius 3 is 2.81 bits per heavy atom. The van der Waals surface area contributed by atoms with Crippen molar-refractivity contribution < 1.29 is 13.9 Å². The number of benzene rings is 1. The van der Waals surface area contributed by atoms with Crippen LogP contribution in [0.1, 0.15) is 6.42 Å². The third-order valence-corrected chi connectivity index (χ3v) is 4.15. The topological polar surface area (TPSA) is 88.7 Å². The number of nitrogens with zero attached hydrogens (tertiary/aromatic N) is 2. The number of likely N-dealkylation sites (N-methyl/N-ethyl adjacent to an activating group) is 1. The largest absolute Gasteiger partial charge is 0.419 e. The highest BCUT2D eigenvalue weighted by Gasteiger charge is 2.17. The fraction of sp³-hybridized carbons (Fsp3) is 0.529.